The zero-order valence-electron chi connectivity index (χ0n) is 10.9. The predicted molar refractivity (Wildman–Crippen MR) is 68.8 cm³/mol. The van der Waals surface area contributed by atoms with Crippen molar-refractivity contribution in [1.29, 1.82) is 0 Å². The van der Waals surface area contributed by atoms with Crippen molar-refractivity contribution in [2.45, 2.75) is 19.8 Å². The molecule has 0 aromatic carbocycles. The Labute approximate surface area is 111 Å². The maximum atomic E-state index is 12.2. The third-order valence-electron chi connectivity index (χ3n) is 3.16. The maximum absolute atomic E-state index is 12.2. The summed E-state index contributed by atoms with van der Waals surface area (Å²) >= 11 is 0. The number of nitrogen functional groups attached to an aromatic ring is 1. The molecule has 0 aliphatic carbocycles. The number of esters is 1. The van der Waals surface area contributed by atoms with E-state index >= 15 is 0 Å². The smallest absolute Gasteiger partial charge is 0.343 e. The number of hydrogen-bond donors (Lipinski definition) is 2. The molecule has 1 aliphatic heterocycles. The molecule has 2 heterocycles. The van der Waals surface area contributed by atoms with Crippen LogP contribution in [0.5, 0.6) is 0 Å². The molecule has 0 saturated carbocycles. The minimum Gasteiger partial charge on any atom is -0.462 e. The number of anilines is 1. The van der Waals surface area contributed by atoms with E-state index in [0.29, 0.717) is 6.54 Å². The van der Waals surface area contributed by atoms with E-state index in [0.717, 1.165) is 24.1 Å². The highest BCUT2D eigenvalue weighted by Gasteiger charge is 2.26. The van der Waals surface area contributed by atoms with E-state index in [1.165, 1.54) is 6.20 Å². The first-order valence-electron chi connectivity index (χ1n) is 6.40. The number of rotatable bonds is 3. The molecule has 0 radical (unpaired) electrons. The molecule has 0 bridgehead atoms. The van der Waals surface area contributed by atoms with Crippen LogP contribution in [-0.2, 0) is 4.74 Å². The lowest BCUT2D eigenvalue weighted by Crippen LogP contribution is -2.37. The third-order valence-corrected chi connectivity index (χ3v) is 3.16. The van der Waals surface area contributed by atoms with E-state index < -0.39 is 5.97 Å². The van der Waals surface area contributed by atoms with Gasteiger partial charge in [-0.1, -0.05) is 0 Å². The van der Waals surface area contributed by atoms with Gasteiger partial charge in [-0.25, -0.2) is 4.79 Å². The first-order valence-corrected chi connectivity index (χ1v) is 6.40. The predicted octanol–water partition coefficient (Wildman–Crippen LogP) is 0.282. The fourth-order valence-corrected chi connectivity index (χ4v) is 2.14. The number of hydrogen-bond acceptors (Lipinski definition) is 6. The van der Waals surface area contributed by atoms with E-state index in [-0.39, 0.29) is 29.8 Å². The van der Waals surface area contributed by atoms with Gasteiger partial charge in [0.25, 0.3) is 5.91 Å². The summed E-state index contributed by atoms with van der Waals surface area (Å²) in [5.41, 5.74) is 5.94. The summed E-state index contributed by atoms with van der Waals surface area (Å²) in [5, 5.41) is 7.07. The van der Waals surface area contributed by atoms with Gasteiger partial charge in [-0.05, 0) is 26.3 Å². The van der Waals surface area contributed by atoms with Crippen molar-refractivity contribution in [2.24, 2.45) is 5.92 Å². The summed E-state index contributed by atoms with van der Waals surface area (Å²) in [6.45, 7) is 3.50. The standard InChI is InChI=1S/C12H18N4O3/c1-2-19-12(18)9-7-15-16(10(9)13)11(17)8-4-3-5-14-6-8/h7-8,14H,2-6,13H2,1H3. The molecular formula is C12H18N4O3. The van der Waals surface area contributed by atoms with Gasteiger partial charge in [0.15, 0.2) is 0 Å². The van der Waals surface area contributed by atoms with Crippen molar-refractivity contribution in [3.05, 3.63) is 11.8 Å². The van der Waals surface area contributed by atoms with Crippen LogP contribution in [0.1, 0.15) is 34.9 Å². The van der Waals surface area contributed by atoms with Crippen molar-refractivity contribution in [3.63, 3.8) is 0 Å². The molecule has 0 spiro atoms. The summed E-state index contributed by atoms with van der Waals surface area (Å²) in [6, 6.07) is 0. The highest BCUT2D eigenvalue weighted by molar-refractivity contribution is 5.96. The zero-order valence-corrected chi connectivity index (χ0v) is 10.9. The summed E-state index contributed by atoms with van der Waals surface area (Å²) in [7, 11) is 0. The van der Waals surface area contributed by atoms with Gasteiger partial charge in [0.1, 0.15) is 11.4 Å². The molecule has 1 aliphatic rings. The van der Waals surface area contributed by atoms with Gasteiger partial charge < -0.3 is 15.8 Å². The van der Waals surface area contributed by atoms with Crippen LogP contribution < -0.4 is 11.1 Å². The van der Waals surface area contributed by atoms with Crippen molar-refractivity contribution in [2.75, 3.05) is 25.4 Å². The molecule has 7 heteroatoms. The van der Waals surface area contributed by atoms with Crippen molar-refractivity contribution < 1.29 is 14.3 Å². The second-order valence-electron chi connectivity index (χ2n) is 4.46. The highest BCUT2D eigenvalue weighted by Crippen LogP contribution is 2.18. The van der Waals surface area contributed by atoms with Crippen LogP contribution in [0.25, 0.3) is 0 Å². The number of carbonyl (C=O) groups excluding carboxylic acids is 2. The molecule has 1 saturated heterocycles. The number of nitrogens with zero attached hydrogens (tertiary/aromatic N) is 2. The summed E-state index contributed by atoms with van der Waals surface area (Å²) in [5.74, 6) is -0.832. The van der Waals surface area contributed by atoms with Crippen LogP contribution in [0, 0.1) is 5.92 Å². The largest absolute Gasteiger partial charge is 0.462 e. The average Bonchev–Trinajstić information content (AvgIpc) is 2.81. The number of nitrogens with one attached hydrogen (secondary N) is 1. The van der Waals surface area contributed by atoms with Gasteiger partial charge >= 0.3 is 5.97 Å². The number of aromatic nitrogens is 2. The molecule has 19 heavy (non-hydrogen) atoms. The van der Waals surface area contributed by atoms with Crippen molar-refractivity contribution >= 4 is 17.7 Å². The monoisotopic (exact) mass is 266 g/mol. The molecule has 7 nitrogen and oxygen atoms in total. The highest BCUT2D eigenvalue weighted by atomic mass is 16.5. The Morgan fingerprint density at radius 3 is 3.05 bits per heavy atom. The fourth-order valence-electron chi connectivity index (χ4n) is 2.14. The summed E-state index contributed by atoms with van der Waals surface area (Å²) in [6.07, 6.45) is 3.03. The number of piperidine rings is 1. The lowest BCUT2D eigenvalue weighted by atomic mass is 9.99. The number of carbonyl (C=O) groups is 2. The normalized spacial score (nSPS) is 19.1. The minimum absolute atomic E-state index is 0.0500. The zero-order chi connectivity index (χ0) is 13.8. The van der Waals surface area contributed by atoms with Gasteiger partial charge in [-0.3, -0.25) is 4.79 Å². The first kappa shape index (κ1) is 13.5. The van der Waals surface area contributed by atoms with E-state index in [1.54, 1.807) is 6.92 Å². The molecule has 1 fully saturated rings. The molecule has 104 valence electrons. The van der Waals surface area contributed by atoms with E-state index in [4.69, 9.17) is 10.5 Å². The van der Waals surface area contributed by atoms with E-state index in [2.05, 4.69) is 10.4 Å². The van der Waals surface area contributed by atoms with Crippen LogP contribution in [0.2, 0.25) is 0 Å². The van der Waals surface area contributed by atoms with Crippen LogP contribution in [0.15, 0.2) is 6.20 Å². The Hall–Kier alpha value is -1.89. The summed E-state index contributed by atoms with van der Waals surface area (Å²) in [4.78, 5) is 23.8. The number of nitrogens with two attached hydrogens (primary N) is 1. The minimum atomic E-state index is -0.555. The molecular weight excluding hydrogens is 248 g/mol. The molecule has 1 aromatic rings. The second-order valence-corrected chi connectivity index (χ2v) is 4.46. The third kappa shape index (κ3) is 2.76. The van der Waals surface area contributed by atoms with Gasteiger partial charge in [0.2, 0.25) is 0 Å². The quantitative estimate of drug-likeness (QED) is 0.762. The van der Waals surface area contributed by atoms with Crippen molar-refractivity contribution in [1.82, 2.24) is 15.1 Å². The van der Waals surface area contributed by atoms with Crippen LogP contribution in [0.3, 0.4) is 0 Å². The van der Waals surface area contributed by atoms with Gasteiger partial charge in [-0.15, -0.1) is 0 Å². The van der Waals surface area contributed by atoms with Crippen LogP contribution in [-0.4, -0.2) is 41.4 Å². The summed E-state index contributed by atoms with van der Waals surface area (Å²) < 4.78 is 5.95. The van der Waals surface area contributed by atoms with E-state index in [1.807, 2.05) is 0 Å². The first-order chi connectivity index (χ1) is 9.15. The lowest BCUT2D eigenvalue weighted by Gasteiger charge is -2.21. The molecule has 1 aromatic heterocycles. The Bertz CT molecular complexity index is 477. The Kier molecular flexibility index (Phi) is 4.16. The Morgan fingerprint density at radius 1 is 1.63 bits per heavy atom. The molecule has 0 amide bonds. The van der Waals surface area contributed by atoms with Crippen molar-refractivity contribution in [3.8, 4) is 0 Å². The molecule has 1 unspecified atom stereocenters. The Balaban J connectivity index is 2.16. The number of ether oxygens (including phenoxy) is 1. The maximum Gasteiger partial charge on any atom is 0.343 e. The van der Waals surface area contributed by atoms with Crippen LogP contribution in [0.4, 0.5) is 5.82 Å². The lowest BCUT2D eigenvalue weighted by molar-refractivity contribution is 0.0527. The van der Waals surface area contributed by atoms with E-state index in [9.17, 15) is 9.59 Å². The van der Waals surface area contributed by atoms with Crippen LogP contribution >= 0.6 is 0 Å². The van der Waals surface area contributed by atoms with Gasteiger partial charge in [0, 0.05) is 6.54 Å². The average molecular weight is 266 g/mol. The van der Waals surface area contributed by atoms with Gasteiger partial charge in [-0.2, -0.15) is 9.78 Å². The SMILES string of the molecule is CCOC(=O)c1cnn(C(=O)C2CCCNC2)c1N. The van der Waals surface area contributed by atoms with Gasteiger partial charge in [0.05, 0.1) is 18.7 Å². The molecule has 1 atom stereocenters. The molecule has 3 N–H and O–H groups in total. The fraction of sp³-hybridized carbons (Fsp3) is 0.583. The Morgan fingerprint density at radius 2 is 2.42 bits per heavy atom. The second kappa shape index (κ2) is 5.83. The topological polar surface area (TPSA) is 99.2 Å². The molecule has 2 rings (SSSR count).